The molecule has 0 aliphatic heterocycles. The number of nitrogens with one attached hydrogen (secondary N) is 1. The van der Waals surface area contributed by atoms with Gasteiger partial charge in [0.2, 0.25) is 0 Å². The third kappa shape index (κ3) is 3.83. The van der Waals surface area contributed by atoms with E-state index in [-0.39, 0.29) is 0 Å². The molecule has 1 atom stereocenters. The highest BCUT2D eigenvalue weighted by Gasteiger charge is 2.22. The minimum absolute atomic E-state index is 0.439. The van der Waals surface area contributed by atoms with Crippen LogP contribution in [0.2, 0.25) is 0 Å². The number of hydrogen-bond donors (Lipinski definition) is 1. The van der Waals surface area contributed by atoms with Gasteiger partial charge >= 0.3 is 0 Å². The highest BCUT2D eigenvalue weighted by molar-refractivity contribution is 5.31. The molecule has 1 N–H and O–H groups in total. The number of aryl methyl sites for hydroxylation is 2. The summed E-state index contributed by atoms with van der Waals surface area (Å²) in [7, 11) is 2.08. The third-order valence-electron chi connectivity index (χ3n) is 4.91. The average Bonchev–Trinajstić information content (AvgIpc) is 2.40. The zero-order valence-electron chi connectivity index (χ0n) is 13.6. The van der Waals surface area contributed by atoms with Crippen molar-refractivity contribution in [3.8, 4) is 0 Å². The molecule has 1 aliphatic carbocycles. The van der Waals surface area contributed by atoms with Crippen LogP contribution in [-0.4, -0.2) is 31.6 Å². The minimum Gasteiger partial charge on any atom is -0.312 e. The first-order valence-corrected chi connectivity index (χ1v) is 8.10. The van der Waals surface area contributed by atoms with E-state index in [1.54, 1.807) is 0 Å². The Morgan fingerprint density at radius 2 is 2.00 bits per heavy atom. The van der Waals surface area contributed by atoms with Gasteiger partial charge in [0, 0.05) is 19.1 Å². The lowest BCUT2D eigenvalue weighted by molar-refractivity contribution is 0.172. The van der Waals surface area contributed by atoms with Crippen molar-refractivity contribution in [3.05, 3.63) is 34.9 Å². The van der Waals surface area contributed by atoms with Gasteiger partial charge in [-0.05, 0) is 62.9 Å². The van der Waals surface area contributed by atoms with Crippen molar-refractivity contribution in [2.24, 2.45) is 5.92 Å². The lowest BCUT2D eigenvalue weighted by atomic mass is 9.85. The van der Waals surface area contributed by atoms with Crippen LogP contribution in [0.15, 0.2) is 18.2 Å². The molecule has 0 amide bonds. The van der Waals surface area contributed by atoms with Crippen LogP contribution in [-0.2, 0) is 0 Å². The molecule has 1 fully saturated rings. The molecule has 1 aromatic carbocycles. The predicted octanol–water partition coefficient (Wildman–Crippen LogP) is 3.69. The molecule has 1 aromatic rings. The molecule has 0 saturated heterocycles. The first kappa shape index (κ1) is 15.5. The quantitative estimate of drug-likeness (QED) is 0.816. The smallest absolute Gasteiger partial charge is 0.0446 e. The molecule has 0 aromatic heterocycles. The van der Waals surface area contributed by atoms with Crippen molar-refractivity contribution in [1.29, 1.82) is 0 Å². The summed E-state index contributed by atoms with van der Waals surface area (Å²) in [5.41, 5.74) is 4.19. The van der Waals surface area contributed by atoms with Gasteiger partial charge in [-0.3, -0.25) is 0 Å². The highest BCUT2D eigenvalue weighted by atomic mass is 15.1. The predicted molar refractivity (Wildman–Crippen MR) is 87.2 cm³/mol. The summed E-state index contributed by atoms with van der Waals surface area (Å²) in [6.45, 7) is 10.2. The summed E-state index contributed by atoms with van der Waals surface area (Å²) >= 11 is 0. The largest absolute Gasteiger partial charge is 0.312 e. The van der Waals surface area contributed by atoms with Crippen molar-refractivity contribution in [2.45, 2.75) is 46.1 Å². The second-order valence-corrected chi connectivity index (χ2v) is 6.33. The number of nitrogens with zero attached hydrogens (tertiary/aromatic N) is 1. The molecule has 0 radical (unpaired) electrons. The number of rotatable bonds is 7. The Hall–Kier alpha value is -0.860. The second-order valence-electron chi connectivity index (χ2n) is 6.33. The van der Waals surface area contributed by atoms with Crippen LogP contribution in [0.25, 0.3) is 0 Å². The first-order valence-electron chi connectivity index (χ1n) is 8.10. The zero-order chi connectivity index (χ0) is 14.5. The molecule has 20 heavy (non-hydrogen) atoms. The van der Waals surface area contributed by atoms with E-state index in [0.29, 0.717) is 6.04 Å². The summed E-state index contributed by atoms with van der Waals surface area (Å²) in [5, 5.41) is 3.50. The highest BCUT2D eigenvalue weighted by Crippen LogP contribution is 2.27. The molecule has 112 valence electrons. The fraction of sp³-hybridized carbons (Fsp3) is 0.667. The Morgan fingerprint density at radius 1 is 1.25 bits per heavy atom. The van der Waals surface area contributed by atoms with E-state index in [4.69, 9.17) is 0 Å². The summed E-state index contributed by atoms with van der Waals surface area (Å²) in [5.74, 6) is 0.951. The molecule has 2 heteroatoms. The van der Waals surface area contributed by atoms with E-state index < -0.39 is 0 Å². The lowest BCUT2D eigenvalue weighted by Gasteiger charge is -2.34. The maximum Gasteiger partial charge on any atom is 0.0446 e. The van der Waals surface area contributed by atoms with E-state index in [0.717, 1.165) is 19.0 Å². The van der Waals surface area contributed by atoms with E-state index in [1.807, 2.05) is 0 Å². The maximum atomic E-state index is 3.50. The Kier molecular flexibility index (Phi) is 5.62. The van der Waals surface area contributed by atoms with Gasteiger partial charge in [-0.15, -0.1) is 0 Å². The Balaban J connectivity index is 2.00. The van der Waals surface area contributed by atoms with E-state index >= 15 is 0 Å². The Bertz CT molecular complexity index is 423. The normalized spacial score (nSPS) is 17.2. The van der Waals surface area contributed by atoms with Gasteiger partial charge in [0.1, 0.15) is 0 Å². The van der Waals surface area contributed by atoms with Gasteiger partial charge in [-0.2, -0.15) is 0 Å². The second kappa shape index (κ2) is 7.24. The molecule has 0 heterocycles. The standard InChI is InChI=1S/C18H30N2/c1-5-20(12-16-7-6-8-16)13-18(19-4)17-10-9-14(2)15(3)11-17/h9-11,16,18-19H,5-8,12-13H2,1-4H3. The van der Waals surface area contributed by atoms with Gasteiger partial charge < -0.3 is 10.2 Å². The van der Waals surface area contributed by atoms with E-state index in [9.17, 15) is 0 Å². The van der Waals surface area contributed by atoms with Crippen LogP contribution in [0.3, 0.4) is 0 Å². The van der Waals surface area contributed by atoms with E-state index in [1.165, 1.54) is 42.5 Å². The van der Waals surface area contributed by atoms with Crippen LogP contribution in [0.5, 0.6) is 0 Å². The first-order chi connectivity index (χ1) is 9.63. The summed E-state index contributed by atoms with van der Waals surface area (Å²) in [6, 6.07) is 7.31. The molecule has 0 spiro atoms. The van der Waals surface area contributed by atoms with Crippen LogP contribution in [0.4, 0.5) is 0 Å². The summed E-state index contributed by atoms with van der Waals surface area (Å²) < 4.78 is 0. The van der Waals surface area contributed by atoms with Crippen LogP contribution in [0.1, 0.15) is 48.9 Å². The van der Waals surface area contributed by atoms with Crippen molar-refractivity contribution in [2.75, 3.05) is 26.7 Å². The molecular weight excluding hydrogens is 244 g/mol. The van der Waals surface area contributed by atoms with Crippen molar-refractivity contribution >= 4 is 0 Å². The topological polar surface area (TPSA) is 15.3 Å². The van der Waals surface area contributed by atoms with Crippen LogP contribution < -0.4 is 5.32 Å². The molecule has 2 rings (SSSR count). The molecule has 0 bridgehead atoms. The molecule has 2 nitrogen and oxygen atoms in total. The van der Waals surface area contributed by atoms with Gasteiger partial charge in [0.05, 0.1) is 0 Å². The fourth-order valence-electron chi connectivity index (χ4n) is 2.98. The van der Waals surface area contributed by atoms with Crippen molar-refractivity contribution in [1.82, 2.24) is 10.2 Å². The molecule has 1 unspecified atom stereocenters. The number of hydrogen-bond acceptors (Lipinski definition) is 2. The Labute approximate surface area is 124 Å². The summed E-state index contributed by atoms with van der Waals surface area (Å²) in [4.78, 5) is 2.61. The lowest BCUT2D eigenvalue weighted by Crippen LogP contribution is -2.38. The van der Waals surface area contributed by atoms with Crippen LogP contribution >= 0.6 is 0 Å². The number of benzene rings is 1. The SMILES string of the molecule is CCN(CC1CCC1)CC(NC)c1ccc(C)c(C)c1. The molecule has 1 saturated carbocycles. The zero-order valence-corrected chi connectivity index (χ0v) is 13.6. The monoisotopic (exact) mass is 274 g/mol. The Morgan fingerprint density at radius 3 is 2.50 bits per heavy atom. The molecular formula is C18H30N2. The maximum absolute atomic E-state index is 3.50. The van der Waals surface area contributed by atoms with Crippen molar-refractivity contribution in [3.63, 3.8) is 0 Å². The van der Waals surface area contributed by atoms with Gasteiger partial charge in [-0.25, -0.2) is 0 Å². The van der Waals surface area contributed by atoms with Gasteiger partial charge in [0.15, 0.2) is 0 Å². The van der Waals surface area contributed by atoms with E-state index in [2.05, 4.69) is 56.2 Å². The summed E-state index contributed by atoms with van der Waals surface area (Å²) in [6.07, 6.45) is 4.31. The van der Waals surface area contributed by atoms with Gasteiger partial charge in [0.25, 0.3) is 0 Å². The third-order valence-corrected chi connectivity index (χ3v) is 4.91. The number of likely N-dealkylation sites (N-methyl/N-ethyl adjacent to an activating group) is 2. The average molecular weight is 274 g/mol. The fourth-order valence-corrected chi connectivity index (χ4v) is 2.98. The molecule has 1 aliphatic rings. The van der Waals surface area contributed by atoms with Crippen LogP contribution in [0, 0.1) is 19.8 Å². The van der Waals surface area contributed by atoms with Crippen molar-refractivity contribution < 1.29 is 0 Å². The van der Waals surface area contributed by atoms with Gasteiger partial charge in [-0.1, -0.05) is 31.5 Å². The minimum atomic E-state index is 0.439.